The highest BCUT2D eigenvalue weighted by molar-refractivity contribution is 6.34. The smallest absolute Gasteiger partial charge is 0.311 e. The van der Waals surface area contributed by atoms with E-state index in [1.807, 2.05) is 18.2 Å². The zero-order valence-electron chi connectivity index (χ0n) is 18.8. The van der Waals surface area contributed by atoms with Crippen molar-refractivity contribution in [2.75, 3.05) is 12.4 Å². The maximum absolute atomic E-state index is 12.8. The quantitative estimate of drug-likeness (QED) is 0.230. The fourth-order valence-corrected chi connectivity index (χ4v) is 3.70. The Bertz CT molecular complexity index is 1400. The van der Waals surface area contributed by atoms with Gasteiger partial charge in [-0.1, -0.05) is 31.5 Å². The summed E-state index contributed by atoms with van der Waals surface area (Å²) in [6, 6.07) is 15.0. The number of ether oxygens (including phenoxy) is 1. The van der Waals surface area contributed by atoms with Crippen LogP contribution in [-0.4, -0.2) is 22.9 Å². The molecular formula is C25H22ClN3O5. The van der Waals surface area contributed by atoms with E-state index >= 15 is 0 Å². The number of fused-ring (bicyclic) bond motifs is 1. The van der Waals surface area contributed by atoms with E-state index in [0.717, 1.165) is 18.0 Å². The number of hydrogen-bond donors (Lipinski definition) is 1. The molecule has 0 bridgehead atoms. The zero-order chi connectivity index (χ0) is 24.4. The molecule has 0 aliphatic carbocycles. The summed E-state index contributed by atoms with van der Waals surface area (Å²) in [5, 5.41) is 14.3. The normalized spacial score (nSPS) is 11.9. The third kappa shape index (κ3) is 4.58. The van der Waals surface area contributed by atoms with E-state index < -0.39 is 10.8 Å². The van der Waals surface area contributed by atoms with Gasteiger partial charge in [0, 0.05) is 17.2 Å². The second-order valence-electron chi connectivity index (χ2n) is 7.85. The summed E-state index contributed by atoms with van der Waals surface area (Å²) < 4.78 is 10.9. The first-order chi connectivity index (χ1) is 16.3. The highest BCUT2D eigenvalue weighted by Gasteiger charge is 2.19. The largest absolute Gasteiger partial charge is 0.490 e. The van der Waals surface area contributed by atoms with Gasteiger partial charge in [0.15, 0.2) is 11.3 Å². The number of halogens is 1. The summed E-state index contributed by atoms with van der Waals surface area (Å²) in [5.41, 5.74) is 3.33. The van der Waals surface area contributed by atoms with Crippen LogP contribution in [0.5, 0.6) is 5.75 Å². The Balaban J connectivity index is 1.63. The zero-order valence-corrected chi connectivity index (χ0v) is 19.6. The Hall–Kier alpha value is -3.91. The molecule has 1 atom stereocenters. The van der Waals surface area contributed by atoms with Crippen LogP contribution in [0.15, 0.2) is 59.0 Å². The number of nitro benzene ring substituents is 1. The standard InChI is InChI=1S/C25H22ClN3O5/c1-4-14(2)15-6-9-22-20(11-15)28-25(34-22)17-5-8-18(26)19(12-17)27-24(30)16-7-10-23(33-3)21(13-16)29(31)32/h5-14H,4H2,1-3H3,(H,27,30). The van der Waals surface area contributed by atoms with Crippen molar-refractivity contribution in [3.8, 4) is 17.2 Å². The van der Waals surface area contributed by atoms with E-state index in [1.165, 1.54) is 24.8 Å². The number of nitro groups is 1. The van der Waals surface area contributed by atoms with Crippen molar-refractivity contribution in [3.63, 3.8) is 0 Å². The van der Waals surface area contributed by atoms with Gasteiger partial charge in [0.25, 0.3) is 5.91 Å². The lowest BCUT2D eigenvalue weighted by atomic mass is 9.98. The molecule has 0 radical (unpaired) electrons. The fourth-order valence-electron chi connectivity index (χ4n) is 3.53. The predicted octanol–water partition coefficient (Wildman–Crippen LogP) is 6.83. The van der Waals surface area contributed by atoms with Crippen molar-refractivity contribution >= 4 is 40.0 Å². The Labute approximate surface area is 200 Å². The SMILES string of the molecule is CCC(C)c1ccc2oc(-c3ccc(Cl)c(NC(=O)c4ccc(OC)c([N+](=O)[O-])c4)c3)nc2c1. The number of hydrogen-bond acceptors (Lipinski definition) is 6. The van der Waals surface area contributed by atoms with Gasteiger partial charge in [-0.05, 0) is 60.4 Å². The molecule has 1 heterocycles. The number of oxazole rings is 1. The first-order valence-electron chi connectivity index (χ1n) is 10.6. The highest BCUT2D eigenvalue weighted by atomic mass is 35.5. The minimum absolute atomic E-state index is 0.0639. The minimum atomic E-state index is -0.608. The van der Waals surface area contributed by atoms with Crippen molar-refractivity contribution in [1.29, 1.82) is 0 Å². The van der Waals surface area contributed by atoms with Crippen LogP contribution < -0.4 is 10.1 Å². The van der Waals surface area contributed by atoms with Gasteiger partial charge in [0.2, 0.25) is 5.89 Å². The monoisotopic (exact) mass is 479 g/mol. The summed E-state index contributed by atoms with van der Waals surface area (Å²) in [5.74, 6) is 0.314. The Morgan fingerprint density at radius 3 is 2.71 bits per heavy atom. The first kappa shape index (κ1) is 23.3. The molecule has 0 aliphatic heterocycles. The molecule has 4 rings (SSSR count). The third-order valence-corrected chi connectivity index (χ3v) is 6.02. The molecular weight excluding hydrogens is 458 g/mol. The van der Waals surface area contributed by atoms with E-state index in [0.29, 0.717) is 33.7 Å². The minimum Gasteiger partial charge on any atom is -0.490 e. The van der Waals surface area contributed by atoms with Crippen LogP contribution in [0.2, 0.25) is 5.02 Å². The maximum Gasteiger partial charge on any atom is 0.311 e. The molecule has 1 aromatic heterocycles. The third-order valence-electron chi connectivity index (χ3n) is 5.69. The summed E-state index contributed by atoms with van der Waals surface area (Å²) in [7, 11) is 1.32. The van der Waals surface area contributed by atoms with Gasteiger partial charge in [0.1, 0.15) is 5.52 Å². The second-order valence-corrected chi connectivity index (χ2v) is 8.26. The van der Waals surface area contributed by atoms with Crippen LogP contribution in [0, 0.1) is 10.1 Å². The van der Waals surface area contributed by atoms with E-state index in [4.69, 9.17) is 20.8 Å². The fraction of sp³-hybridized carbons (Fsp3) is 0.200. The van der Waals surface area contributed by atoms with Crippen molar-refractivity contribution in [1.82, 2.24) is 4.98 Å². The Morgan fingerprint density at radius 2 is 2.00 bits per heavy atom. The number of amides is 1. The Kier molecular flexibility index (Phi) is 6.51. The van der Waals surface area contributed by atoms with Crippen LogP contribution >= 0.6 is 11.6 Å². The lowest BCUT2D eigenvalue weighted by Gasteiger charge is -2.09. The van der Waals surface area contributed by atoms with E-state index in [1.54, 1.807) is 18.2 Å². The molecule has 3 aromatic carbocycles. The number of anilines is 1. The van der Waals surface area contributed by atoms with Gasteiger partial charge in [-0.3, -0.25) is 14.9 Å². The highest BCUT2D eigenvalue weighted by Crippen LogP contribution is 2.33. The molecule has 0 aliphatic rings. The van der Waals surface area contributed by atoms with Gasteiger partial charge < -0.3 is 14.5 Å². The summed E-state index contributed by atoms with van der Waals surface area (Å²) >= 11 is 6.30. The van der Waals surface area contributed by atoms with E-state index in [-0.39, 0.29) is 17.0 Å². The summed E-state index contributed by atoms with van der Waals surface area (Å²) in [4.78, 5) is 28.1. The van der Waals surface area contributed by atoms with Gasteiger partial charge in [-0.15, -0.1) is 0 Å². The molecule has 1 unspecified atom stereocenters. The average molecular weight is 480 g/mol. The maximum atomic E-state index is 12.8. The van der Waals surface area contributed by atoms with Gasteiger partial charge in [-0.2, -0.15) is 0 Å². The number of benzene rings is 3. The number of rotatable bonds is 7. The Morgan fingerprint density at radius 1 is 1.21 bits per heavy atom. The summed E-state index contributed by atoms with van der Waals surface area (Å²) in [6.45, 7) is 4.30. The number of nitrogens with zero attached hydrogens (tertiary/aromatic N) is 2. The molecule has 9 heteroatoms. The van der Waals surface area contributed by atoms with E-state index in [9.17, 15) is 14.9 Å². The second kappa shape index (κ2) is 9.52. The number of aromatic nitrogens is 1. The lowest BCUT2D eigenvalue weighted by molar-refractivity contribution is -0.385. The topological polar surface area (TPSA) is 108 Å². The molecule has 4 aromatic rings. The molecule has 8 nitrogen and oxygen atoms in total. The van der Waals surface area contributed by atoms with Crippen molar-refractivity contribution in [2.45, 2.75) is 26.2 Å². The number of carbonyl (C=O) groups is 1. The molecule has 0 spiro atoms. The van der Waals surface area contributed by atoms with Crippen LogP contribution in [-0.2, 0) is 0 Å². The van der Waals surface area contributed by atoms with Crippen LogP contribution in [0.25, 0.3) is 22.6 Å². The number of carbonyl (C=O) groups excluding carboxylic acids is 1. The lowest BCUT2D eigenvalue weighted by Crippen LogP contribution is -2.12. The molecule has 174 valence electrons. The molecule has 0 saturated carbocycles. The molecule has 0 saturated heterocycles. The average Bonchev–Trinajstić information content (AvgIpc) is 3.27. The number of nitrogens with one attached hydrogen (secondary N) is 1. The van der Waals surface area contributed by atoms with Crippen molar-refractivity contribution in [3.05, 3.63) is 80.9 Å². The first-order valence-corrected chi connectivity index (χ1v) is 11.0. The molecule has 34 heavy (non-hydrogen) atoms. The predicted molar refractivity (Wildman–Crippen MR) is 131 cm³/mol. The van der Waals surface area contributed by atoms with Gasteiger partial charge in [0.05, 0.1) is 22.7 Å². The van der Waals surface area contributed by atoms with Gasteiger partial charge >= 0.3 is 5.69 Å². The van der Waals surface area contributed by atoms with Gasteiger partial charge in [-0.25, -0.2) is 4.98 Å². The number of methoxy groups -OCH3 is 1. The van der Waals surface area contributed by atoms with E-state index in [2.05, 4.69) is 24.1 Å². The van der Waals surface area contributed by atoms with Crippen LogP contribution in [0.4, 0.5) is 11.4 Å². The van der Waals surface area contributed by atoms with Crippen LogP contribution in [0.1, 0.15) is 42.1 Å². The molecule has 0 fully saturated rings. The summed E-state index contributed by atoms with van der Waals surface area (Å²) in [6.07, 6.45) is 1.02. The van der Waals surface area contributed by atoms with Crippen LogP contribution in [0.3, 0.4) is 0 Å². The van der Waals surface area contributed by atoms with Crippen molar-refractivity contribution in [2.24, 2.45) is 0 Å². The molecule has 1 N–H and O–H groups in total. The molecule has 1 amide bonds. The van der Waals surface area contributed by atoms with Crippen molar-refractivity contribution < 1.29 is 18.9 Å².